The van der Waals surface area contributed by atoms with Crippen molar-refractivity contribution in [2.45, 2.75) is 12.8 Å². The molecular weight excluding hydrogens is 285 g/mol. The number of rotatable bonds is 6. The monoisotopic (exact) mass is 301 g/mol. The Morgan fingerprint density at radius 2 is 1.95 bits per heavy atom. The van der Waals surface area contributed by atoms with Gasteiger partial charge in [0.25, 0.3) is 0 Å². The summed E-state index contributed by atoms with van der Waals surface area (Å²) >= 11 is 0. The summed E-state index contributed by atoms with van der Waals surface area (Å²) in [6.07, 6.45) is 1.43. The number of carbonyl (C=O) groups excluding carboxylic acids is 2. The highest BCUT2D eigenvalue weighted by molar-refractivity contribution is 5.95. The van der Waals surface area contributed by atoms with E-state index in [0.29, 0.717) is 29.7 Å². The molecule has 0 unspecified atom stereocenters. The highest BCUT2D eigenvalue weighted by Gasteiger charge is 2.11. The van der Waals surface area contributed by atoms with Crippen molar-refractivity contribution in [1.82, 2.24) is 0 Å². The van der Waals surface area contributed by atoms with Gasteiger partial charge in [-0.25, -0.2) is 4.39 Å². The number of para-hydroxylation sites is 1. The van der Waals surface area contributed by atoms with Gasteiger partial charge in [-0.1, -0.05) is 18.2 Å². The van der Waals surface area contributed by atoms with E-state index in [2.05, 4.69) is 5.32 Å². The third-order valence-electron chi connectivity index (χ3n) is 3.20. The average Bonchev–Trinajstić information content (AvgIpc) is 2.54. The number of aryl methyl sites for hydroxylation is 1. The van der Waals surface area contributed by atoms with Gasteiger partial charge >= 0.3 is 0 Å². The summed E-state index contributed by atoms with van der Waals surface area (Å²) in [4.78, 5) is 22.9. The van der Waals surface area contributed by atoms with Crippen LogP contribution in [0.4, 0.5) is 10.1 Å². The molecule has 0 spiro atoms. The van der Waals surface area contributed by atoms with Crippen molar-refractivity contribution < 1.29 is 18.7 Å². The molecule has 0 fully saturated rings. The number of hydrogen-bond acceptors (Lipinski definition) is 3. The smallest absolute Gasteiger partial charge is 0.224 e. The molecule has 0 aromatic heterocycles. The van der Waals surface area contributed by atoms with Gasteiger partial charge in [0.15, 0.2) is 12.0 Å². The minimum Gasteiger partial charge on any atom is -0.494 e. The molecule has 0 heterocycles. The van der Waals surface area contributed by atoms with Crippen LogP contribution in [0.25, 0.3) is 0 Å². The second kappa shape index (κ2) is 7.36. The van der Waals surface area contributed by atoms with Crippen molar-refractivity contribution in [3.05, 3.63) is 59.4 Å². The maximum atomic E-state index is 12.8. The molecule has 2 rings (SSSR count). The maximum absolute atomic E-state index is 12.8. The molecule has 0 radical (unpaired) electrons. The second-order valence-electron chi connectivity index (χ2n) is 4.72. The number of aldehydes is 1. The number of carbonyl (C=O) groups is 2. The molecule has 4 nitrogen and oxygen atoms in total. The quantitative estimate of drug-likeness (QED) is 0.833. The van der Waals surface area contributed by atoms with E-state index in [4.69, 9.17) is 4.74 Å². The van der Waals surface area contributed by atoms with Gasteiger partial charge in [0, 0.05) is 6.42 Å². The Hall–Kier alpha value is -2.69. The molecule has 0 saturated heterocycles. The normalized spacial score (nSPS) is 10.1. The molecule has 22 heavy (non-hydrogen) atoms. The lowest BCUT2D eigenvalue weighted by Gasteiger charge is -2.11. The molecule has 0 saturated carbocycles. The Bertz CT molecular complexity index is 668. The van der Waals surface area contributed by atoms with Crippen LogP contribution in [0.15, 0.2) is 42.5 Å². The van der Waals surface area contributed by atoms with Gasteiger partial charge < -0.3 is 10.1 Å². The van der Waals surface area contributed by atoms with Crippen molar-refractivity contribution in [2.75, 3.05) is 12.4 Å². The van der Waals surface area contributed by atoms with E-state index in [0.717, 1.165) is 5.56 Å². The fourth-order valence-corrected chi connectivity index (χ4v) is 2.10. The lowest BCUT2D eigenvalue weighted by atomic mass is 10.1. The Morgan fingerprint density at radius 1 is 1.23 bits per heavy atom. The molecule has 0 atom stereocenters. The average molecular weight is 301 g/mol. The first-order valence-electron chi connectivity index (χ1n) is 6.80. The van der Waals surface area contributed by atoms with Crippen LogP contribution < -0.4 is 10.1 Å². The third-order valence-corrected chi connectivity index (χ3v) is 3.20. The van der Waals surface area contributed by atoms with E-state index in [-0.39, 0.29) is 18.1 Å². The van der Waals surface area contributed by atoms with Crippen LogP contribution in [0.3, 0.4) is 0 Å². The minimum absolute atomic E-state index is 0.203. The topological polar surface area (TPSA) is 55.4 Å². The molecule has 0 aliphatic heterocycles. The highest BCUT2D eigenvalue weighted by atomic mass is 19.1. The SMILES string of the molecule is COc1c(C=O)cccc1NC(=O)CCc1ccc(F)cc1. The fraction of sp³-hybridized carbons (Fsp3) is 0.176. The number of hydrogen-bond donors (Lipinski definition) is 1. The summed E-state index contributed by atoms with van der Waals surface area (Å²) in [7, 11) is 1.44. The van der Waals surface area contributed by atoms with Gasteiger partial charge in [-0.2, -0.15) is 0 Å². The number of benzene rings is 2. The predicted octanol–water partition coefficient (Wildman–Crippen LogP) is 3.22. The number of anilines is 1. The molecule has 0 bridgehead atoms. The lowest BCUT2D eigenvalue weighted by Crippen LogP contribution is -2.13. The largest absolute Gasteiger partial charge is 0.494 e. The van der Waals surface area contributed by atoms with Gasteiger partial charge in [-0.15, -0.1) is 0 Å². The number of nitrogens with one attached hydrogen (secondary N) is 1. The zero-order chi connectivity index (χ0) is 15.9. The van der Waals surface area contributed by atoms with Crippen LogP contribution in [-0.2, 0) is 11.2 Å². The van der Waals surface area contributed by atoms with Gasteiger partial charge in [0.2, 0.25) is 5.91 Å². The van der Waals surface area contributed by atoms with Crippen LogP contribution in [-0.4, -0.2) is 19.3 Å². The maximum Gasteiger partial charge on any atom is 0.224 e. The Kier molecular flexibility index (Phi) is 5.25. The van der Waals surface area contributed by atoms with Gasteiger partial charge in [0.05, 0.1) is 18.4 Å². The summed E-state index contributed by atoms with van der Waals surface area (Å²) in [5.74, 6) is -0.165. The molecule has 1 amide bonds. The molecular formula is C17H16FNO3. The summed E-state index contributed by atoms with van der Waals surface area (Å²) in [6.45, 7) is 0. The lowest BCUT2D eigenvalue weighted by molar-refractivity contribution is -0.116. The summed E-state index contributed by atoms with van der Waals surface area (Å²) in [6, 6.07) is 11.0. The van der Waals surface area contributed by atoms with Crippen LogP contribution in [0, 0.1) is 5.82 Å². The fourth-order valence-electron chi connectivity index (χ4n) is 2.10. The number of amides is 1. The van der Waals surface area contributed by atoms with Crippen molar-refractivity contribution in [3.63, 3.8) is 0 Å². The van der Waals surface area contributed by atoms with Gasteiger partial charge in [-0.05, 0) is 36.2 Å². The standard InChI is InChI=1S/C17H16FNO3/c1-22-17-13(11-20)3-2-4-15(17)19-16(21)10-7-12-5-8-14(18)9-6-12/h2-6,8-9,11H,7,10H2,1H3,(H,19,21). The minimum atomic E-state index is -0.302. The van der Waals surface area contributed by atoms with Crippen molar-refractivity contribution in [1.29, 1.82) is 0 Å². The van der Waals surface area contributed by atoms with Crippen LogP contribution in [0.2, 0.25) is 0 Å². The molecule has 114 valence electrons. The van der Waals surface area contributed by atoms with E-state index < -0.39 is 0 Å². The Labute approximate surface area is 127 Å². The van der Waals surface area contributed by atoms with Gasteiger partial charge in [-0.3, -0.25) is 9.59 Å². The van der Waals surface area contributed by atoms with Crippen LogP contribution in [0.1, 0.15) is 22.3 Å². The van der Waals surface area contributed by atoms with Crippen molar-refractivity contribution >= 4 is 17.9 Å². The summed E-state index contributed by atoms with van der Waals surface area (Å²) < 4.78 is 18.0. The third kappa shape index (κ3) is 3.91. The summed E-state index contributed by atoms with van der Waals surface area (Å²) in [5.41, 5.74) is 1.71. The Morgan fingerprint density at radius 3 is 2.59 bits per heavy atom. The number of halogens is 1. The first-order chi connectivity index (χ1) is 10.6. The van der Waals surface area contributed by atoms with E-state index in [9.17, 15) is 14.0 Å². The number of ether oxygens (including phenoxy) is 1. The van der Waals surface area contributed by atoms with E-state index in [1.807, 2.05) is 0 Å². The van der Waals surface area contributed by atoms with Crippen LogP contribution in [0.5, 0.6) is 5.75 Å². The first-order valence-corrected chi connectivity index (χ1v) is 6.80. The predicted molar refractivity (Wildman–Crippen MR) is 81.7 cm³/mol. The zero-order valence-electron chi connectivity index (χ0n) is 12.1. The Balaban J connectivity index is 2.00. The van der Waals surface area contributed by atoms with Crippen molar-refractivity contribution in [3.8, 4) is 5.75 Å². The van der Waals surface area contributed by atoms with Gasteiger partial charge in [0.1, 0.15) is 5.82 Å². The first kappa shape index (κ1) is 15.7. The molecule has 2 aromatic carbocycles. The van der Waals surface area contributed by atoms with E-state index in [1.54, 1.807) is 30.3 Å². The van der Waals surface area contributed by atoms with Crippen LogP contribution >= 0.6 is 0 Å². The molecule has 0 aliphatic rings. The van der Waals surface area contributed by atoms with E-state index in [1.165, 1.54) is 19.2 Å². The molecule has 5 heteroatoms. The second-order valence-corrected chi connectivity index (χ2v) is 4.72. The summed E-state index contributed by atoms with van der Waals surface area (Å²) in [5, 5.41) is 2.72. The highest BCUT2D eigenvalue weighted by Crippen LogP contribution is 2.27. The van der Waals surface area contributed by atoms with E-state index >= 15 is 0 Å². The molecule has 2 aromatic rings. The number of methoxy groups -OCH3 is 1. The molecule has 0 aliphatic carbocycles. The van der Waals surface area contributed by atoms with Crippen molar-refractivity contribution in [2.24, 2.45) is 0 Å². The zero-order valence-corrected chi connectivity index (χ0v) is 12.1. The molecule has 1 N–H and O–H groups in total.